The van der Waals surface area contributed by atoms with Gasteiger partial charge < -0.3 is 9.80 Å². The fraction of sp³-hybridized carbons (Fsp3) is 0.194. The molecule has 0 aromatic heterocycles. The maximum atomic E-state index is 2.46. The van der Waals surface area contributed by atoms with Gasteiger partial charge in [-0.3, -0.25) is 0 Å². The molecular formula is C62H60N2. The van der Waals surface area contributed by atoms with Gasteiger partial charge in [0.05, 0.1) is 0 Å². The number of aryl methyl sites for hydroxylation is 2. The van der Waals surface area contributed by atoms with Crippen LogP contribution >= 0.6 is 0 Å². The zero-order valence-electron chi connectivity index (χ0n) is 38.4. The van der Waals surface area contributed by atoms with E-state index in [0.29, 0.717) is 11.8 Å². The molecule has 0 N–H and O–H groups in total. The summed E-state index contributed by atoms with van der Waals surface area (Å²) in [6.07, 6.45) is 4.14. The van der Waals surface area contributed by atoms with Crippen LogP contribution < -0.4 is 9.80 Å². The first-order chi connectivity index (χ1) is 31.4. The molecule has 0 saturated carbocycles. The normalized spacial score (nSPS) is 12.3. The Labute approximate surface area is 381 Å². The van der Waals surface area contributed by atoms with Crippen LogP contribution in [0.5, 0.6) is 0 Å². The zero-order chi connectivity index (χ0) is 44.2. The van der Waals surface area contributed by atoms with Gasteiger partial charge in [0.25, 0.3) is 0 Å². The molecule has 2 unspecified atom stereocenters. The van der Waals surface area contributed by atoms with Crippen LogP contribution in [-0.4, -0.2) is 0 Å². The highest BCUT2D eigenvalue weighted by atomic mass is 15.1. The van der Waals surface area contributed by atoms with Crippen LogP contribution in [-0.2, 0) is 12.8 Å². The highest BCUT2D eigenvalue weighted by Gasteiger charge is 2.23. The minimum atomic E-state index is 0.463. The van der Waals surface area contributed by atoms with Gasteiger partial charge in [0.1, 0.15) is 0 Å². The molecule has 0 fully saturated rings. The summed E-state index contributed by atoms with van der Waals surface area (Å²) >= 11 is 0. The van der Waals surface area contributed by atoms with Crippen molar-refractivity contribution in [2.24, 2.45) is 0 Å². The van der Waals surface area contributed by atoms with Gasteiger partial charge in [-0.05, 0) is 176 Å². The number of hydrogen-bond donors (Lipinski definition) is 0. The fourth-order valence-corrected chi connectivity index (χ4v) is 9.45. The Balaban J connectivity index is 1.35. The van der Waals surface area contributed by atoms with Gasteiger partial charge in [0.15, 0.2) is 0 Å². The standard InChI is InChI=1S/C62H60N2/c1-7-43(5)49-27-19-31-53(39-49)63(51-29-17-21-45(9-3)37-51)55-33-35-57-59(41-55)61(47-23-13-11-14-24-47)58-36-34-56(42-60(58)62(57)48-25-15-12-16-26-48)64(52-30-18-22-46(10-4)38-52)54-32-20-28-50(40-54)44(6)8-2/h11-44H,7-10H2,1-6H3. The van der Waals surface area contributed by atoms with Crippen molar-refractivity contribution in [1.82, 2.24) is 0 Å². The van der Waals surface area contributed by atoms with Gasteiger partial charge in [-0.15, -0.1) is 0 Å². The number of benzene rings is 9. The molecule has 2 nitrogen and oxygen atoms in total. The third-order valence-corrected chi connectivity index (χ3v) is 13.5. The van der Waals surface area contributed by atoms with Gasteiger partial charge in [-0.25, -0.2) is 0 Å². The lowest BCUT2D eigenvalue weighted by Crippen LogP contribution is -2.11. The van der Waals surface area contributed by atoms with Crippen molar-refractivity contribution in [3.63, 3.8) is 0 Å². The third kappa shape index (κ3) is 8.33. The molecule has 0 radical (unpaired) electrons. The molecule has 0 bridgehead atoms. The van der Waals surface area contributed by atoms with E-state index in [4.69, 9.17) is 0 Å². The second kappa shape index (κ2) is 18.8. The monoisotopic (exact) mass is 832 g/mol. The van der Waals surface area contributed by atoms with Gasteiger partial charge in [0.2, 0.25) is 0 Å². The second-order valence-corrected chi connectivity index (χ2v) is 17.5. The first-order valence-corrected chi connectivity index (χ1v) is 23.5. The molecule has 0 heterocycles. The average molecular weight is 833 g/mol. The molecule has 0 saturated heterocycles. The minimum Gasteiger partial charge on any atom is -0.310 e. The van der Waals surface area contributed by atoms with Gasteiger partial charge in [0, 0.05) is 34.1 Å². The Morgan fingerprint density at radius 1 is 0.328 bits per heavy atom. The van der Waals surface area contributed by atoms with E-state index in [1.54, 1.807) is 0 Å². The van der Waals surface area contributed by atoms with Crippen LogP contribution in [0.4, 0.5) is 34.1 Å². The van der Waals surface area contributed by atoms with E-state index >= 15 is 0 Å². The summed E-state index contributed by atoms with van der Waals surface area (Å²) in [5, 5.41) is 4.91. The lowest BCUT2D eigenvalue weighted by atomic mass is 9.85. The number of fused-ring (bicyclic) bond motifs is 2. The second-order valence-electron chi connectivity index (χ2n) is 17.5. The third-order valence-electron chi connectivity index (χ3n) is 13.5. The Morgan fingerprint density at radius 3 is 1.06 bits per heavy atom. The topological polar surface area (TPSA) is 6.48 Å². The zero-order valence-corrected chi connectivity index (χ0v) is 38.4. The quantitative estimate of drug-likeness (QED) is 0.101. The van der Waals surface area contributed by atoms with Crippen LogP contribution in [0, 0.1) is 0 Å². The van der Waals surface area contributed by atoms with Crippen molar-refractivity contribution in [3.05, 3.63) is 216 Å². The van der Waals surface area contributed by atoms with Crippen LogP contribution in [0.25, 0.3) is 43.8 Å². The van der Waals surface area contributed by atoms with Crippen molar-refractivity contribution < 1.29 is 0 Å². The van der Waals surface area contributed by atoms with Crippen molar-refractivity contribution in [2.75, 3.05) is 9.80 Å². The van der Waals surface area contributed by atoms with Crippen LogP contribution in [0.2, 0.25) is 0 Å². The predicted molar refractivity (Wildman–Crippen MR) is 278 cm³/mol. The van der Waals surface area contributed by atoms with E-state index in [9.17, 15) is 0 Å². The van der Waals surface area contributed by atoms with Crippen LogP contribution in [0.1, 0.15) is 88.5 Å². The van der Waals surface area contributed by atoms with E-state index < -0.39 is 0 Å². The number of rotatable bonds is 14. The van der Waals surface area contributed by atoms with Crippen LogP contribution in [0.3, 0.4) is 0 Å². The molecule has 0 spiro atoms. The molecule has 9 rings (SSSR count). The molecule has 0 aliphatic heterocycles. The number of hydrogen-bond acceptors (Lipinski definition) is 2. The maximum absolute atomic E-state index is 2.46. The molecule has 2 heteroatoms. The van der Waals surface area contributed by atoms with Crippen molar-refractivity contribution in [3.8, 4) is 22.3 Å². The largest absolute Gasteiger partial charge is 0.310 e. The first kappa shape index (κ1) is 42.4. The smallest absolute Gasteiger partial charge is 0.0468 e. The highest BCUT2D eigenvalue weighted by molar-refractivity contribution is 6.22. The SMILES string of the molecule is CCc1cccc(N(c2cccc(C(C)CC)c2)c2ccc3c(-c4ccccc4)c4cc(N(c5cccc(CC)c5)c5cccc(C(C)CC)c5)ccc4c(-c4ccccc4)c3c2)c1. The van der Waals surface area contributed by atoms with Gasteiger partial charge in [-0.1, -0.05) is 163 Å². The molecule has 64 heavy (non-hydrogen) atoms. The summed E-state index contributed by atoms with van der Waals surface area (Å²) in [6.45, 7) is 13.7. The van der Waals surface area contributed by atoms with E-state index in [1.165, 1.54) is 88.8 Å². The minimum absolute atomic E-state index is 0.463. The maximum Gasteiger partial charge on any atom is 0.0468 e. The van der Waals surface area contributed by atoms with Gasteiger partial charge >= 0.3 is 0 Å². The van der Waals surface area contributed by atoms with Crippen LogP contribution in [0.15, 0.2) is 194 Å². The van der Waals surface area contributed by atoms with E-state index in [1.807, 2.05) is 0 Å². The Bertz CT molecular complexity index is 2830. The summed E-state index contributed by atoms with van der Waals surface area (Å²) in [6, 6.07) is 72.9. The molecular weight excluding hydrogens is 773 g/mol. The molecule has 2 atom stereocenters. The van der Waals surface area contributed by atoms with E-state index in [-0.39, 0.29) is 0 Å². The average Bonchev–Trinajstić information content (AvgIpc) is 3.36. The predicted octanol–water partition coefficient (Wildman–Crippen LogP) is 18.4. The van der Waals surface area contributed by atoms with Crippen molar-refractivity contribution in [1.29, 1.82) is 0 Å². The van der Waals surface area contributed by atoms with Crippen molar-refractivity contribution >= 4 is 55.7 Å². The Kier molecular flexibility index (Phi) is 12.5. The molecule has 318 valence electrons. The van der Waals surface area contributed by atoms with Gasteiger partial charge in [-0.2, -0.15) is 0 Å². The molecule has 9 aromatic rings. The van der Waals surface area contributed by atoms with Crippen molar-refractivity contribution in [2.45, 2.75) is 79.1 Å². The fourth-order valence-electron chi connectivity index (χ4n) is 9.45. The molecule has 0 amide bonds. The summed E-state index contributed by atoms with van der Waals surface area (Å²) in [7, 11) is 0. The molecule has 9 aromatic carbocycles. The Hall–Kier alpha value is -6.90. The molecule has 0 aliphatic carbocycles. The first-order valence-electron chi connectivity index (χ1n) is 23.5. The Morgan fingerprint density at radius 2 is 0.688 bits per heavy atom. The number of anilines is 6. The van der Waals surface area contributed by atoms with E-state index in [2.05, 4.69) is 245 Å². The molecule has 0 aliphatic rings. The highest BCUT2D eigenvalue weighted by Crippen LogP contribution is 2.48. The summed E-state index contributed by atoms with van der Waals surface area (Å²) in [5.74, 6) is 0.926. The number of nitrogens with zero attached hydrogens (tertiary/aromatic N) is 2. The summed E-state index contributed by atoms with van der Waals surface area (Å²) in [5.41, 5.74) is 17.2. The van der Waals surface area contributed by atoms with E-state index in [0.717, 1.165) is 37.1 Å². The lowest BCUT2D eigenvalue weighted by Gasteiger charge is -2.29. The summed E-state index contributed by atoms with van der Waals surface area (Å²) in [4.78, 5) is 4.93. The summed E-state index contributed by atoms with van der Waals surface area (Å²) < 4.78 is 0. The lowest BCUT2D eigenvalue weighted by molar-refractivity contribution is 0.733.